The molecule has 0 saturated heterocycles. The number of hydrogen-bond acceptors (Lipinski definition) is 7. The number of ether oxygens (including phenoxy) is 2. The molecule has 0 atom stereocenters. The second-order valence-electron chi connectivity index (χ2n) is 7.78. The number of carbonyl (C=O) groups is 1. The Morgan fingerprint density at radius 1 is 1.23 bits per heavy atom. The third-order valence-electron chi connectivity index (χ3n) is 3.41. The van der Waals surface area contributed by atoms with Crippen molar-refractivity contribution in [2.45, 2.75) is 52.9 Å². The number of hydrogen-bond donors (Lipinski definition) is 3. The molecule has 0 aliphatic rings. The van der Waals surface area contributed by atoms with Crippen molar-refractivity contribution in [3.8, 4) is 5.75 Å². The monoisotopic (exact) mass is 445 g/mol. The van der Waals surface area contributed by atoms with Gasteiger partial charge in [-0.1, -0.05) is 0 Å². The molecule has 0 aliphatic carbocycles. The summed E-state index contributed by atoms with van der Waals surface area (Å²) in [5.74, 6) is 1.06. The van der Waals surface area contributed by atoms with E-state index in [-0.39, 0.29) is 23.7 Å². The zero-order chi connectivity index (χ0) is 23.0. The number of nitrogens with zero attached hydrogens (tertiary/aromatic N) is 4. The lowest BCUT2D eigenvalue weighted by molar-refractivity contribution is 0.130. The van der Waals surface area contributed by atoms with Crippen LogP contribution < -0.4 is 21.1 Å². The number of rotatable bonds is 6. The molecule has 0 fully saturated rings. The first-order valence-corrected chi connectivity index (χ1v) is 9.97. The molecule has 2 heterocycles. The average molecular weight is 446 g/mol. The molecule has 2 aromatic heterocycles. The van der Waals surface area contributed by atoms with Gasteiger partial charge in [-0.05, 0) is 59.0 Å². The van der Waals surface area contributed by atoms with Crippen molar-refractivity contribution >= 4 is 35.1 Å². The van der Waals surface area contributed by atoms with Crippen molar-refractivity contribution < 1.29 is 14.3 Å². The second kappa shape index (κ2) is 10.6. The minimum Gasteiger partial charge on any atom is -0.489 e. The fraction of sp³-hybridized carbons (Fsp3) is 0.400. The van der Waals surface area contributed by atoms with Crippen molar-refractivity contribution in [3.05, 3.63) is 42.1 Å². The van der Waals surface area contributed by atoms with Gasteiger partial charge < -0.3 is 25.8 Å². The Morgan fingerprint density at radius 2 is 1.94 bits per heavy atom. The maximum Gasteiger partial charge on any atom is 0.407 e. The van der Waals surface area contributed by atoms with Crippen molar-refractivity contribution in [2.24, 2.45) is 10.7 Å². The van der Waals surface area contributed by atoms with Crippen molar-refractivity contribution in [1.82, 2.24) is 20.3 Å². The Kier molecular flexibility index (Phi) is 8.20. The van der Waals surface area contributed by atoms with E-state index in [2.05, 4.69) is 30.6 Å². The van der Waals surface area contributed by atoms with Crippen LogP contribution in [0.15, 0.2) is 35.7 Å². The molecule has 2 rings (SSSR count). The number of anilines is 1. The maximum atomic E-state index is 11.9. The van der Waals surface area contributed by atoms with Crippen LogP contribution >= 0.6 is 12.2 Å². The molecule has 166 valence electrons. The molecule has 31 heavy (non-hydrogen) atoms. The lowest BCUT2D eigenvalue weighted by Gasteiger charge is -2.20. The Balaban J connectivity index is 2.02. The standard InChI is InChI=1S/C20H27N7O3S/c1-12(2)30-13-6-7-14(24-10-13)16(21)25-18(31)26-17-15(22-8-9-23-17)11-29-19(28)27-20(3,4)5/h6-10,12H,11H2,1-5H3,(H,27,28)(H3,21,23,25,26,31). The lowest BCUT2D eigenvalue weighted by atomic mass is 10.1. The highest BCUT2D eigenvalue weighted by molar-refractivity contribution is 7.80. The fourth-order valence-electron chi connectivity index (χ4n) is 2.22. The first-order valence-electron chi connectivity index (χ1n) is 9.56. The molecule has 10 nitrogen and oxygen atoms in total. The lowest BCUT2D eigenvalue weighted by Crippen LogP contribution is -2.40. The van der Waals surface area contributed by atoms with Gasteiger partial charge in [-0.25, -0.2) is 19.8 Å². The Labute approximate surface area is 186 Å². The van der Waals surface area contributed by atoms with Crippen LogP contribution in [0.3, 0.4) is 0 Å². The highest BCUT2D eigenvalue weighted by Crippen LogP contribution is 2.13. The highest BCUT2D eigenvalue weighted by atomic mass is 32.1. The number of aromatic nitrogens is 3. The molecule has 0 aliphatic heterocycles. The largest absolute Gasteiger partial charge is 0.489 e. The zero-order valence-electron chi connectivity index (χ0n) is 18.2. The molecule has 2 aromatic rings. The quantitative estimate of drug-likeness (QED) is 0.348. The molecule has 0 saturated carbocycles. The summed E-state index contributed by atoms with van der Waals surface area (Å²) < 4.78 is 10.7. The molecule has 4 N–H and O–H groups in total. The molecule has 0 unspecified atom stereocenters. The SMILES string of the molecule is CC(C)Oc1ccc(/C(N)=N/C(=S)Nc2nccnc2COC(=O)NC(C)(C)C)nc1. The van der Waals surface area contributed by atoms with Crippen LogP contribution in [0, 0.1) is 0 Å². The van der Waals surface area contributed by atoms with Crippen molar-refractivity contribution in [3.63, 3.8) is 0 Å². The van der Waals surface area contributed by atoms with Gasteiger partial charge in [-0.15, -0.1) is 0 Å². The minimum absolute atomic E-state index is 0.0418. The van der Waals surface area contributed by atoms with Gasteiger partial charge in [0.15, 0.2) is 16.8 Å². The van der Waals surface area contributed by atoms with Crippen LogP contribution in [0.25, 0.3) is 0 Å². The number of thiocarbonyl (C=S) groups is 1. The summed E-state index contributed by atoms with van der Waals surface area (Å²) >= 11 is 5.24. The van der Waals surface area contributed by atoms with E-state index in [1.54, 1.807) is 18.3 Å². The number of amidine groups is 1. The molecule has 0 radical (unpaired) electrons. The van der Waals surface area contributed by atoms with Gasteiger partial charge >= 0.3 is 6.09 Å². The molecule has 0 aromatic carbocycles. The Bertz CT molecular complexity index is 941. The van der Waals surface area contributed by atoms with Crippen LogP contribution in [0.5, 0.6) is 5.75 Å². The predicted octanol–water partition coefficient (Wildman–Crippen LogP) is 2.79. The fourth-order valence-corrected chi connectivity index (χ4v) is 2.42. The van der Waals surface area contributed by atoms with Gasteiger partial charge in [-0.2, -0.15) is 0 Å². The van der Waals surface area contributed by atoms with Gasteiger partial charge in [-0.3, -0.25) is 4.98 Å². The van der Waals surface area contributed by atoms with Gasteiger partial charge in [0, 0.05) is 17.9 Å². The van der Waals surface area contributed by atoms with E-state index in [0.29, 0.717) is 23.0 Å². The van der Waals surface area contributed by atoms with E-state index in [1.165, 1.54) is 12.4 Å². The number of carbonyl (C=O) groups excluding carboxylic acids is 1. The van der Waals surface area contributed by atoms with Gasteiger partial charge in [0.2, 0.25) is 0 Å². The number of amides is 1. The number of alkyl carbamates (subject to hydrolysis) is 1. The third-order valence-corrected chi connectivity index (χ3v) is 3.60. The van der Waals surface area contributed by atoms with Crippen LogP contribution in [-0.2, 0) is 11.3 Å². The van der Waals surface area contributed by atoms with Crippen molar-refractivity contribution in [1.29, 1.82) is 0 Å². The first kappa shape index (κ1) is 23.9. The third kappa shape index (κ3) is 8.51. The van der Waals surface area contributed by atoms with E-state index in [9.17, 15) is 4.79 Å². The smallest absolute Gasteiger partial charge is 0.407 e. The van der Waals surface area contributed by atoms with E-state index in [1.807, 2.05) is 34.6 Å². The number of nitrogens with one attached hydrogen (secondary N) is 2. The number of nitrogens with two attached hydrogens (primary N) is 1. The van der Waals surface area contributed by atoms with Crippen LogP contribution in [0.4, 0.5) is 10.6 Å². The molecule has 11 heteroatoms. The number of aliphatic imine (C=N–C) groups is 1. The number of pyridine rings is 1. The summed E-state index contributed by atoms with van der Waals surface area (Å²) in [6, 6.07) is 3.44. The second-order valence-corrected chi connectivity index (χ2v) is 8.16. The summed E-state index contributed by atoms with van der Waals surface area (Å²) in [4.78, 5) is 28.6. The summed E-state index contributed by atoms with van der Waals surface area (Å²) in [5, 5.41) is 5.60. The van der Waals surface area contributed by atoms with Crippen molar-refractivity contribution in [2.75, 3.05) is 5.32 Å². The van der Waals surface area contributed by atoms with E-state index < -0.39 is 11.6 Å². The van der Waals surface area contributed by atoms with Gasteiger partial charge in [0.05, 0.1) is 12.3 Å². The van der Waals surface area contributed by atoms with Gasteiger partial charge in [0.1, 0.15) is 23.7 Å². The highest BCUT2D eigenvalue weighted by Gasteiger charge is 2.16. The van der Waals surface area contributed by atoms with Gasteiger partial charge in [0.25, 0.3) is 0 Å². The molecule has 0 spiro atoms. The van der Waals surface area contributed by atoms with E-state index in [4.69, 9.17) is 27.4 Å². The summed E-state index contributed by atoms with van der Waals surface area (Å²) in [7, 11) is 0. The molecular weight excluding hydrogens is 418 g/mol. The average Bonchev–Trinajstić information content (AvgIpc) is 2.66. The Morgan fingerprint density at radius 3 is 2.55 bits per heavy atom. The molecular formula is C20H27N7O3S. The first-order chi connectivity index (χ1) is 14.5. The topological polar surface area (TPSA) is 137 Å². The summed E-state index contributed by atoms with van der Waals surface area (Å²) in [6.07, 6.45) is 4.00. The zero-order valence-corrected chi connectivity index (χ0v) is 19.0. The van der Waals surface area contributed by atoms with Crippen LogP contribution in [-0.4, -0.2) is 43.6 Å². The summed E-state index contributed by atoms with van der Waals surface area (Å²) in [6.45, 7) is 9.31. The maximum absolute atomic E-state index is 11.9. The minimum atomic E-state index is -0.565. The molecule has 0 bridgehead atoms. The van der Waals surface area contributed by atoms with E-state index in [0.717, 1.165) is 0 Å². The van der Waals surface area contributed by atoms with Crippen LogP contribution in [0.2, 0.25) is 0 Å². The van der Waals surface area contributed by atoms with E-state index >= 15 is 0 Å². The summed E-state index contributed by atoms with van der Waals surface area (Å²) in [5.41, 5.74) is 6.42. The predicted molar refractivity (Wildman–Crippen MR) is 122 cm³/mol. The normalized spacial score (nSPS) is 11.7. The van der Waals surface area contributed by atoms with Crippen LogP contribution in [0.1, 0.15) is 46.0 Å². The Hall–Kier alpha value is -3.34. The molecule has 1 amide bonds.